The van der Waals surface area contributed by atoms with Crippen molar-refractivity contribution in [2.75, 3.05) is 0 Å². The number of benzene rings is 1. The largest absolute Gasteiger partial charge is 0.295 e. The zero-order valence-electron chi connectivity index (χ0n) is 10.3. The quantitative estimate of drug-likeness (QED) is 0.802. The van der Waals surface area contributed by atoms with Gasteiger partial charge in [0, 0.05) is 17.2 Å². The van der Waals surface area contributed by atoms with Crippen LogP contribution in [0.3, 0.4) is 0 Å². The molecule has 18 heavy (non-hydrogen) atoms. The van der Waals surface area contributed by atoms with Gasteiger partial charge in [-0.3, -0.25) is 9.67 Å². The first-order valence-corrected chi connectivity index (χ1v) is 5.84. The van der Waals surface area contributed by atoms with Crippen LogP contribution in [-0.4, -0.2) is 14.8 Å². The summed E-state index contributed by atoms with van der Waals surface area (Å²) in [5.74, 6) is -0.857. The van der Waals surface area contributed by atoms with Crippen molar-refractivity contribution in [3.8, 4) is 11.4 Å². The average Bonchev–Trinajstić information content (AvgIpc) is 2.57. The second-order valence-corrected chi connectivity index (χ2v) is 5.40. The van der Waals surface area contributed by atoms with Crippen molar-refractivity contribution in [2.24, 2.45) is 0 Å². The van der Waals surface area contributed by atoms with E-state index in [1.54, 1.807) is 4.57 Å². The molecule has 0 aliphatic heterocycles. The first kappa shape index (κ1) is 12.9. The molecule has 0 radical (unpaired) electrons. The van der Waals surface area contributed by atoms with Crippen molar-refractivity contribution in [1.29, 1.82) is 0 Å². The Balaban J connectivity index is 2.69. The molecule has 96 valence electrons. The Kier molecular flexibility index (Phi) is 3.06. The fourth-order valence-corrected chi connectivity index (χ4v) is 2.20. The number of nitrogens with one attached hydrogen (secondary N) is 1. The molecule has 0 spiro atoms. The molecule has 0 aliphatic carbocycles. The minimum atomic E-state index is -0.639. The van der Waals surface area contributed by atoms with Crippen molar-refractivity contribution in [1.82, 2.24) is 14.8 Å². The Morgan fingerprint density at radius 2 is 1.72 bits per heavy atom. The molecule has 1 N–H and O–H groups in total. The van der Waals surface area contributed by atoms with Crippen LogP contribution in [0.25, 0.3) is 11.4 Å². The van der Waals surface area contributed by atoms with Crippen LogP contribution in [0.1, 0.15) is 20.8 Å². The fourth-order valence-electron chi connectivity index (χ4n) is 1.80. The molecule has 2 aromatic rings. The number of H-pyrrole nitrogens is 1. The molecule has 0 aliphatic rings. The van der Waals surface area contributed by atoms with Crippen molar-refractivity contribution in [3.63, 3.8) is 0 Å². The lowest BCUT2D eigenvalue weighted by atomic mass is 10.1. The topological polar surface area (TPSA) is 33.6 Å². The van der Waals surface area contributed by atoms with E-state index in [0.717, 1.165) is 6.07 Å². The average molecular weight is 269 g/mol. The summed E-state index contributed by atoms with van der Waals surface area (Å²) < 4.78 is 28.6. The highest BCUT2D eigenvalue weighted by Crippen LogP contribution is 2.25. The van der Waals surface area contributed by atoms with Gasteiger partial charge in [-0.2, -0.15) is 5.10 Å². The maximum atomic E-state index is 13.2. The third-order valence-corrected chi connectivity index (χ3v) is 2.74. The molecule has 0 fully saturated rings. The van der Waals surface area contributed by atoms with E-state index in [9.17, 15) is 8.78 Å². The summed E-state index contributed by atoms with van der Waals surface area (Å²) >= 11 is 5.14. The van der Waals surface area contributed by atoms with Crippen LogP contribution in [0.15, 0.2) is 18.2 Å². The molecule has 0 saturated carbocycles. The molecule has 0 amide bonds. The predicted octanol–water partition coefficient (Wildman–Crippen LogP) is 3.64. The summed E-state index contributed by atoms with van der Waals surface area (Å²) in [6.07, 6.45) is 0. The van der Waals surface area contributed by atoms with Crippen LogP contribution in [0, 0.1) is 16.4 Å². The number of aromatic amines is 1. The van der Waals surface area contributed by atoms with Gasteiger partial charge >= 0.3 is 0 Å². The van der Waals surface area contributed by atoms with Crippen molar-refractivity contribution in [2.45, 2.75) is 26.3 Å². The van der Waals surface area contributed by atoms with Gasteiger partial charge in [0.25, 0.3) is 0 Å². The second kappa shape index (κ2) is 4.28. The van der Waals surface area contributed by atoms with E-state index in [1.165, 1.54) is 12.1 Å². The van der Waals surface area contributed by atoms with E-state index in [0.29, 0.717) is 16.2 Å². The van der Waals surface area contributed by atoms with Crippen molar-refractivity contribution < 1.29 is 8.78 Å². The third-order valence-electron chi connectivity index (χ3n) is 2.46. The Bertz CT molecular complexity index is 617. The van der Waals surface area contributed by atoms with Crippen molar-refractivity contribution in [3.05, 3.63) is 34.6 Å². The highest BCUT2D eigenvalue weighted by molar-refractivity contribution is 7.71. The first-order valence-electron chi connectivity index (χ1n) is 5.43. The lowest BCUT2D eigenvalue weighted by Crippen LogP contribution is -2.23. The van der Waals surface area contributed by atoms with Gasteiger partial charge in [-0.1, -0.05) is 0 Å². The minimum absolute atomic E-state index is 0.331. The molecule has 0 unspecified atom stereocenters. The van der Waals surface area contributed by atoms with E-state index in [2.05, 4.69) is 10.2 Å². The van der Waals surface area contributed by atoms with Crippen LogP contribution in [0.2, 0.25) is 0 Å². The Labute approximate surface area is 108 Å². The molecule has 1 aromatic carbocycles. The zero-order valence-corrected chi connectivity index (χ0v) is 11.1. The number of halogens is 2. The second-order valence-electron chi connectivity index (χ2n) is 5.02. The normalized spacial score (nSPS) is 11.8. The van der Waals surface area contributed by atoms with Gasteiger partial charge in [0.15, 0.2) is 10.6 Å². The van der Waals surface area contributed by atoms with Gasteiger partial charge in [0.2, 0.25) is 0 Å². The molecule has 0 atom stereocenters. The van der Waals surface area contributed by atoms with Crippen LogP contribution < -0.4 is 0 Å². The highest BCUT2D eigenvalue weighted by Gasteiger charge is 2.21. The molecule has 3 nitrogen and oxygen atoms in total. The Morgan fingerprint density at radius 1 is 1.17 bits per heavy atom. The van der Waals surface area contributed by atoms with Crippen molar-refractivity contribution >= 4 is 12.2 Å². The van der Waals surface area contributed by atoms with Gasteiger partial charge in [-0.25, -0.2) is 8.78 Å². The highest BCUT2D eigenvalue weighted by atomic mass is 32.1. The summed E-state index contributed by atoms with van der Waals surface area (Å²) in [6.45, 7) is 5.83. The zero-order chi connectivity index (χ0) is 13.5. The van der Waals surface area contributed by atoms with Crippen LogP contribution in [0.4, 0.5) is 8.78 Å². The Morgan fingerprint density at radius 3 is 2.22 bits per heavy atom. The van der Waals surface area contributed by atoms with Gasteiger partial charge in [0.05, 0.1) is 0 Å². The number of aromatic nitrogens is 3. The summed E-state index contributed by atoms with van der Waals surface area (Å²) in [4.78, 5) is 0. The molecule has 1 heterocycles. The molecule has 0 bridgehead atoms. The maximum Gasteiger partial charge on any atom is 0.195 e. The Hall–Kier alpha value is -1.56. The number of hydrogen-bond acceptors (Lipinski definition) is 2. The fraction of sp³-hybridized carbons (Fsp3) is 0.333. The van der Waals surface area contributed by atoms with Gasteiger partial charge in [-0.15, -0.1) is 0 Å². The predicted molar refractivity (Wildman–Crippen MR) is 67.8 cm³/mol. The van der Waals surface area contributed by atoms with Crippen LogP contribution >= 0.6 is 12.2 Å². The smallest absolute Gasteiger partial charge is 0.195 e. The number of rotatable bonds is 1. The van der Waals surface area contributed by atoms with E-state index < -0.39 is 11.6 Å². The maximum absolute atomic E-state index is 13.2. The van der Waals surface area contributed by atoms with E-state index in [4.69, 9.17) is 12.2 Å². The molecule has 1 aromatic heterocycles. The lowest BCUT2D eigenvalue weighted by molar-refractivity contribution is 0.395. The molecule has 0 saturated heterocycles. The van der Waals surface area contributed by atoms with Gasteiger partial charge in [0.1, 0.15) is 11.6 Å². The molecule has 2 rings (SSSR count). The SMILES string of the molecule is CC(C)(C)n1c(-c2cc(F)cc(F)c2)n[nH]c1=S. The molecule has 6 heteroatoms. The molecular weight excluding hydrogens is 256 g/mol. The van der Waals surface area contributed by atoms with Gasteiger partial charge < -0.3 is 0 Å². The van der Waals surface area contributed by atoms with Crippen LogP contribution in [0.5, 0.6) is 0 Å². The van der Waals surface area contributed by atoms with E-state index in [1.807, 2.05) is 20.8 Å². The molecular formula is C12H13F2N3S. The lowest BCUT2D eigenvalue weighted by Gasteiger charge is -2.22. The summed E-state index contributed by atoms with van der Waals surface area (Å²) in [5.41, 5.74) is 0.0251. The summed E-state index contributed by atoms with van der Waals surface area (Å²) in [7, 11) is 0. The monoisotopic (exact) mass is 269 g/mol. The van der Waals surface area contributed by atoms with E-state index in [-0.39, 0.29) is 5.54 Å². The summed E-state index contributed by atoms with van der Waals surface area (Å²) in [6, 6.07) is 3.29. The van der Waals surface area contributed by atoms with Gasteiger partial charge in [-0.05, 0) is 45.1 Å². The van der Waals surface area contributed by atoms with Crippen LogP contribution in [-0.2, 0) is 5.54 Å². The number of nitrogens with zero attached hydrogens (tertiary/aromatic N) is 2. The minimum Gasteiger partial charge on any atom is -0.295 e. The summed E-state index contributed by atoms with van der Waals surface area (Å²) in [5, 5.41) is 6.70. The standard InChI is InChI=1S/C12H13F2N3S/c1-12(2,3)17-10(15-16-11(17)18)7-4-8(13)6-9(14)5-7/h4-6H,1-3H3,(H,16,18). The number of hydrogen-bond donors (Lipinski definition) is 1. The third kappa shape index (κ3) is 2.33. The first-order chi connectivity index (χ1) is 8.29. The van der Waals surface area contributed by atoms with E-state index >= 15 is 0 Å².